The first kappa shape index (κ1) is 20.8. The number of amides is 3. The number of aromatic nitrogens is 2. The molecule has 3 aromatic rings. The molecular weight excluding hydrogens is 443 g/mol. The lowest BCUT2D eigenvalue weighted by Gasteiger charge is -2.60. The van der Waals surface area contributed by atoms with Gasteiger partial charge >= 0.3 is 12.2 Å². The minimum atomic E-state index is -4.47. The average Bonchev–Trinajstić information content (AvgIpc) is 3.28. The Morgan fingerprint density at radius 2 is 2.03 bits per heavy atom. The molecule has 2 fully saturated rings. The van der Waals surface area contributed by atoms with E-state index in [1.165, 1.54) is 28.4 Å². The molecule has 1 aromatic carbocycles. The fourth-order valence-corrected chi connectivity index (χ4v) is 5.36. The smallest absolute Gasteiger partial charge is 0.337 e. The van der Waals surface area contributed by atoms with E-state index >= 15 is 0 Å². The summed E-state index contributed by atoms with van der Waals surface area (Å²) in [5, 5.41) is 8.61. The van der Waals surface area contributed by atoms with Gasteiger partial charge in [-0.25, -0.2) is 9.31 Å². The van der Waals surface area contributed by atoms with Crippen molar-refractivity contribution in [1.82, 2.24) is 19.4 Å². The van der Waals surface area contributed by atoms with Crippen LogP contribution in [0.25, 0.3) is 4.83 Å². The first-order valence-electron chi connectivity index (χ1n) is 10.1. The van der Waals surface area contributed by atoms with E-state index in [4.69, 9.17) is 0 Å². The third-order valence-electron chi connectivity index (χ3n) is 6.35. The Morgan fingerprint density at radius 1 is 1.28 bits per heavy atom. The van der Waals surface area contributed by atoms with E-state index in [-0.39, 0.29) is 23.1 Å². The maximum Gasteiger partial charge on any atom is 0.416 e. The van der Waals surface area contributed by atoms with Gasteiger partial charge in [0.1, 0.15) is 4.83 Å². The molecule has 5 rings (SSSR count). The van der Waals surface area contributed by atoms with Gasteiger partial charge in [0.15, 0.2) is 0 Å². The molecule has 11 heteroatoms. The number of likely N-dealkylation sites (tertiary alicyclic amines) is 1. The molecular formula is C21H20F3N5O2S. The summed E-state index contributed by atoms with van der Waals surface area (Å²) in [6, 6.07) is 4.12. The van der Waals surface area contributed by atoms with Crippen molar-refractivity contribution in [2.45, 2.75) is 25.1 Å². The van der Waals surface area contributed by atoms with Crippen molar-refractivity contribution in [3.8, 4) is 0 Å². The van der Waals surface area contributed by atoms with Crippen molar-refractivity contribution >= 4 is 33.8 Å². The van der Waals surface area contributed by atoms with Gasteiger partial charge in [-0.05, 0) is 31.0 Å². The monoisotopic (exact) mass is 463 g/mol. The van der Waals surface area contributed by atoms with E-state index < -0.39 is 17.8 Å². The first-order chi connectivity index (χ1) is 15.2. The Kier molecular flexibility index (Phi) is 4.70. The van der Waals surface area contributed by atoms with Gasteiger partial charge in [-0.2, -0.15) is 18.3 Å². The Balaban J connectivity index is 1.14. The van der Waals surface area contributed by atoms with Crippen LogP contribution in [0.15, 0.2) is 42.0 Å². The number of alkyl halides is 3. The topological polar surface area (TPSA) is 70.0 Å². The van der Waals surface area contributed by atoms with Crippen LogP contribution >= 0.6 is 11.3 Å². The Labute approximate surface area is 185 Å². The van der Waals surface area contributed by atoms with E-state index in [0.717, 1.165) is 29.8 Å². The van der Waals surface area contributed by atoms with E-state index in [9.17, 15) is 22.8 Å². The number of carbonyl (C=O) groups is 2. The van der Waals surface area contributed by atoms with E-state index in [1.807, 2.05) is 11.6 Å². The van der Waals surface area contributed by atoms with Crippen molar-refractivity contribution in [3.63, 3.8) is 0 Å². The van der Waals surface area contributed by atoms with Crippen LogP contribution < -0.4 is 5.32 Å². The third-order valence-corrected chi connectivity index (χ3v) is 7.24. The standard InChI is InChI=1S/C21H20F3N5O2S/c1-27(19(31)26-14-4-2-3-13(7-14)21(22,23)24)15-8-20(9-15)11-28(12-20)17(30)16-10-25-29-5-6-32-18(16)29/h2-7,10,15H,8-9,11-12H2,1H3,(H,26,31). The minimum Gasteiger partial charge on any atom is -0.337 e. The second kappa shape index (κ2) is 7.22. The summed E-state index contributed by atoms with van der Waals surface area (Å²) in [4.78, 5) is 29.4. The number of benzene rings is 1. The Hall–Kier alpha value is -3.08. The number of rotatable bonds is 3. The minimum absolute atomic E-state index is 0.00674. The van der Waals surface area contributed by atoms with Crippen LogP contribution in [-0.4, -0.2) is 57.5 Å². The Bertz CT molecular complexity index is 1190. The molecule has 2 aromatic heterocycles. The number of urea groups is 1. The van der Waals surface area contributed by atoms with Crippen LogP contribution in [-0.2, 0) is 6.18 Å². The highest BCUT2D eigenvalue weighted by Gasteiger charge is 2.55. The lowest BCUT2D eigenvalue weighted by atomic mass is 9.60. The zero-order valence-electron chi connectivity index (χ0n) is 17.1. The van der Waals surface area contributed by atoms with Crippen molar-refractivity contribution in [3.05, 3.63) is 53.2 Å². The van der Waals surface area contributed by atoms with Crippen molar-refractivity contribution in [2.75, 3.05) is 25.5 Å². The second-order valence-corrected chi connectivity index (χ2v) is 9.45. The van der Waals surface area contributed by atoms with E-state index in [0.29, 0.717) is 18.7 Å². The molecule has 32 heavy (non-hydrogen) atoms. The number of hydrogen-bond acceptors (Lipinski definition) is 4. The predicted octanol–water partition coefficient (Wildman–Crippen LogP) is 4.18. The van der Waals surface area contributed by atoms with Crippen LogP contribution in [0.5, 0.6) is 0 Å². The molecule has 0 bridgehead atoms. The lowest BCUT2D eigenvalue weighted by molar-refractivity contribution is -0.137. The number of fused-ring (bicyclic) bond motifs is 1. The van der Waals surface area contributed by atoms with Gasteiger partial charge in [0.25, 0.3) is 5.91 Å². The number of nitrogens with one attached hydrogen (secondary N) is 1. The van der Waals surface area contributed by atoms with E-state index in [1.54, 1.807) is 22.7 Å². The second-order valence-electron chi connectivity index (χ2n) is 8.55. The SMILES string of the molecule is CN(C(=O)Nc1cccc(C(F)(F)F)c1)C1CC2(C1)CN(C(=O)c1cnn3ccsc13)C2. The molecule has 1 saturated heterocycles. The summed E-state index contributed by atoms with van der Waals surface area (Å²) in [7, 11) is 1.64. The molecule has 0 atom stereocenters. The molecule has 0 unspecified atom stereocenters. The summed E-state index contributed by atoms with van der Waals surface area (Å²) in [5.74, 6) is -0.0350. The molecule has 168 valence electrons. The van der Waals surface area contributed by atoms with Gasteiger partial charge in [-0.15, -0.1) is 11.3 Å². The molecule has 1 N–H and O–H groups in total. The van der Waals surface area contributed by atoms with Crippen molar-refractivity contribution in [1.29, 1.82) is 0 Å². The molecule has 0 radical (unpaired) electrons. The summed E-state index contributed by atoms with van der Waals surface area (Å²) in [5.41, 5.74) is -0.0965. The molecule has 3 heterocycles. The van der Waals surface area contributed by atoms with Crippen molar-refractivity contribution in [2.24, 2.45) is 5.41 Å². The van der Waals surface area contributed by atoms with E-state index in [2.05, 4.69) is 10.4 Å². The normalized spacial score (nSPS) is 17.8. The summed E-state index contributed by atoms with van der Waals surface area (Å²) < 4.78 is 40.3. The molecule has 1 spiro atoms. The fourth-order valence-electron chi connectivity index (χ4n) is 4.57. The molecule has 1 aliphatic carbocycles. The molecule has 1 saturated carbocycles. The zero-order valence-corrected chi connectivity index (χ0v) is 17.9. The number of anilines is 1. The summed E-state index contributed by atoms with van der Waals surface area (Å²) in [6.07, 6.45) is 0.449. The number of carbonyl (C=O) groups excluding carboxylic acids is 2. The number of hydrogen-bond donors (Lipinski definition) is 1. The molecule has 1 aliphatic heterocycles. The largest absolute Gasteiger partial charge is 0.416 e. The zero-order chi connectivity index (χ0) is 22.7. The van der Waals surface area contributed by atoms with Gasteiger partial charge in [-0.1, -0.05) is 6.07 Å². The predicted molar refractivity (Wildman–Crippen MR) is 113 cm³/mol. The van der Waals surface area contributed by atoms with Crippen LogP contribution in [0.3, 0.4) is 0 Å². The van der Waals surface area contributed by atoms with Gasteiger partial charge in [0, 0.05) is 48.9 Å². The van der Waals surface area contributed by atoms with Crippen LogP contribution in [0.1, 0.15) is 28.8 Å². The number of halogens is 3. The van der Waals surface area contributed by atoms with Crippen LogP contribution in [0.4, 0.5) is 23.7 Å². The molecule has 7 nitrogen and oxygen atoms in total. The lowest BCUT2D eigenvalue weighted by Crippen LogP contribution is -2.67. The highest BCUT2D eigenvalue weighted by atomic mass is 32.1. The highest BCUT2D eigenvalue weighted by Crippen LogP contribution is 2.50. The molecule has 2 aliphatic rings. The molecule has 3 amide bonds. The first-order valence-corrected chi connectivity index (χ1v) is 10.9. The summed E-state index contributed by atoms with van der Waals surface area (Å²) in [6.45, 7) is 1.27. The summed E-state index contributed by atoms with van der Waals surface area (Å²) >= 11 is 1.47. The Morgan fingerprint density at radius 3 is 2.75 bits per heavy atom. The van der Waals surface area contributed by atoms with Gasteiger partial charge in [0.2, 0.25) is 0 Å². The maximum absolute atomic E-state index is 12.9. The highest BCUT2D eigenvalue weighted by molar-refractivity contribution is 7.15. The quantitative estimate of drug-likeness (QED) is 0.634. The van der Waals surface area contributed by atoms with Crippen LogP contribution in [0, 0.1) is 5.41 Å². The fraction of sp³-hybridized carbons (Fsp3) is 0.381. The van der Waals surface area contributed by atoms with Crippen LogP contribution in [0.2, 0.25) is 0 Å². The maximum atomic E-state index is 12.9. The van der Waals surface area contributed by atoms with Gasteiger partial charge in [0.05, 0.1) is 17.3 Å². The number of thiazole rings is 1. The van der Waals surface area contributed by atoms with Gasteiger partial charge < -0.3 is 15.1 Å². The van der Waals surface area contributed by atoms with Gasteiger partial charge in [-0.3, -0.25) is 4.79 Å². The average molecular weight is 463 g/mol. The number of nitrogens with zero attached hydrogens (tertiary/aromatic N) is 4. The van der Waals surface area contributed by atoms with Crippen molar-refractivity contribution < 1.29 is 22.8 Å². The third kappa shape index (κ3) is 3.50.